The Kier molecular flexibility index (Phi) is 3.46. The Morgan fingerprint density at radius 2 is 1.70 bits per heavy atom. The molecule has 5 rings (SSSR count). The Morgan fingerprint density at radius 3 is 2.52 bits per heavy atom. The molecule has 130 valence electrons. The maximum absolute atomic E-state index is 4.70. The fourth-order valence-corrected chi connectivity index (χ4v) is 2.79. The molecule has 0 atom stereocenters. The molecule has 4 aromatic heterocycles. The van der Waals surface area contributed by atoms with Crippen LogP contribution in [0.1, 0.15) is 5.56 Å². The third kappa shape index (κ3) is 2.73. The number of rotatable bonds is 3. The molecule has 0 fully saturated rings. The molecular formula is C19H14N8. The lowest BCUT2D eigenvalue weighted by molar-refractivity contribution is 0.842. The molecule has 0 aliphatic rings. The molecule has 0 aliphatic carbocycles. The number of fused-ring (bicyclic) bond motifs is 1. The van der Waals surface area contributed by atoms with E-state index in [4.69, 9.17) is 4.98 Å². The summed E-state index contributed by atoms with van der Waals surface area (Å²) in [5, 5.41) is 9.16. The molecule has 0 amide bonds. The first-order valence-corrected chi connectivity index (χ1v) is 8.41. The lowest BCUT2D eigenvalue weighted by Crippen LogP contribution is -2.03. The Bertz CT molecular complexity index is 1210. The number of aromatic nitrogens is 8. The van der Waals surface area contributed by atoms with E-state index >= 15 is 0 Å². The molecule has 1 aromatic carbocycles. The summed E-state index contributed by atoms with van der Waals surface area (Å²) in [6.45, 7) is 2.01. The van der Waals surface area contributed by atoms with Gasteiger partial charge in [-0.25, -0.2) is 19.5 Å². The quantitative estimate of drug-likeness (QED) is 0.495. The third-order valence-corrected chi connectivity index (χ3v) is 4.07. The highest BCUT2D eigenvalue weighted by Crippen LogP contribution is 2.23. The summed E-state index contributed by atoms with van der Waals surface area (Å²) in [4.78, 5) is 17.9. The van der Waals surface area contributed by atoms with Crippen LogP contribution in [0.3, 0.4) is 0 Å². The fourth-order valence-electron chi connectivity index (χ4n) is 2.79. The van der Waals surface area contributed by atoms with Crippen LogP contribution in [0, 0.1) is 6.92 Å². The molecule has 0 radical (unpaired) electrons. The Morgan fingerprint density at radius 1 is 0.815 bits per heavy atom. The van der Waals surface area contributed by atoms with Crippen molar-refractivity contribution in [3.8, 4) is 28.9 Å². The van der Waals surface area contributed by atoms with Crippen molar-refractivity contribution >= 4 is 5.78 Å². The van der Waals surface area contributed by atoms with Gasteiger partial charge in [-0.2, -0.15) is 9.67 Å². The Labute approximate surface area is 154 Å². The van der Waals surface area contributed by atoms with Gasteiger partial charge in [-0.1, -0.05) is 30.3 Å². The van der Waals surface area contributed by atoms with Gasteiger partial charge in [0.2, 0.25) is 11.6 Å². The van der Waals surface area contributed by atoms with Crippen LogP contribution in [0.4, 0.5) is 0 Å². The number of benzene rings is 1. The lowest BCUT2D eigenvalue weighted by atomic mass is 10.2. The van der Waals surface area contributed by atoms with Crippen molar-refractivity contribution in [1.29, 1.82) is 0 Å². The smallest absolute Gasteiger partial charge is 0.237 e. The second-order valence-corrected chi connectivity index (χ2v) is 6.03. The van der Waals surface area contributed by atoms with Gasteiger partial charge in [0.1, 0.15) is 0 Å². The summed E-state index contributed by atoms with van der Waals surface area (Å²) >= 11 is 0. The predicted octanol–water partition coefficient (Wildman–Crippen LogP) is 2.74. The normalized spacial score (nSPS) is 11.1. The van der Waals surface area contributed by atoms with Gasteiger partial charge in [0.15, 0.2) is 11.6 Å². The second kappa shape index (κ2) is 6.10. The van der Waals surface area contributed by atoms with Gasteiger partial charge >= 0.3 is 0 Å². The molecule has 8 heteroatoms. The molecule has 0 saturated heterocycles. The van der Waals surface area contributed by atoms with Crippen LogP contribution in [-0.4, -0.2) is 39.3 Å². The maximum atomic E-state index is 4.70. The Balaban J connectivity index is 1.74. The van der Waals surface area contributed by atoms with E-state index in [1.807, 2.05) is 49.4 Å². The first-order chi connectivity index (χ1) is 13.3. The minimum absolute atomic E-state index is 0.437. The molecule has 4 heterocycles. The van der Waals surface area contributed by atoms with Crippen LogP contribution in [0.2, 0.25) is 0 Å². The van der Waals surface area contributed by atoms with E-state index in [0.29, 0.717) is 29.1 Å². The highest BCUT2D eigenvalue weighted by atomic mass is 15.4. The van der Waals surface area contributed by atoms with E-state index < -0.39 is 0 Å². The zero-order chi connectivity index (χ0) is 18.2. The van der Waals surface area contributed by atoms with Crippen LogP contribution in [0.5, 0.6) is 0 Å². The van der Waals surface area contributed by atoms with Crippen LogP contribution in [-0.2, 0) is 0 Å². The van der Waals surface area contributed by atoms with Gasteiger partial charge < -0.3 is 0 Å². The molecule has 0 spiro atoms. The van der Waals surface area contributed by atoms with Crippen molar-refractivity contribution in [3.05, 3.63) is 72.7 Å². The maximum Gasteiger partial charge on any atom is 0.252 e. The number of hydrogen-bond acceptors (Lipinski definition) is 6. The zero-order valence-corrected chi connectivity index (χ0v) is 14.4. The van der Waals surface area contributed by atoms with Crippen molar-refractivity contribution in [3.63, 3.8) is 0 Å². The van der Waals surface area contributed by atoms with Gasteiger partial charge in [0, 0.05) is 24.2 Å². The molecular weight excluding hydrogens is 340 g/mol. The molecule has 0 saturated carbocycles. The molecule has 0 unspecified atom stereocenters. The van der Waals surface area contributed by atoms with Crippen molar-refractivity contribution < 1.29 is 0 Å². The number of hydrogen-bond donors (Lipinski definition) is 0. The predicted molar refractivity (Wildman–Crippen MR) is 99.1 cm³/mol. The monoisotopic (exact) mass is 354 g/mol. The van der Waals surface area contributed by atoms with Gasteiger partial charge in [0.05, 0.1) is 0 Å². The second-order valence-electron chi connectivity index (χ2n) is 6.03. The highest BCUT2D eigenvalue weighted by molar-refractivity contribution is 5.60. The van der Waals surface area contributed by atoms with Gasteiger partial charge in [0.25, 0.3) is 5.78 Å². The van der Waals surface area contributed by atoms with Gasteiger partial charge in [-0.15, -0.1) is 10.2 Å². The number of aryl methyl sites for hydroxylation is 1. The standard InChI is InChI=1S/C19H14N8/c1-13-8-10-20-15(12-13)27-18(17-23-19-21-9-5-11-26(19)24-17)22-16(25-27)14-6-3-2-4-7-14/h2-12H,1H3. The summed E-state index contributed by atoms with van der Waals surface area (Å²) in [7, 11) is 0. The van der Waals surface area contributed by atoms with E-state index in [0.717, 1.165) is 11.1 Å². The van der Waals surface area contributed by atoms with Crippen molar-refractivity contribution in [2.24, 2.45) is 0 Å². The third-order valence-electron chi connectivity index (χ3n) is 4.07. The topological polar surface area (TPSA) is 86.7 Å². The molecule has 8 nitrogen and oxygen atoms in total. The van der Waals surface area contributed by atoms with Crippen LogP contribution in [0.25, 0.3) is 34.6 Å². The average molecular weight is 354 g/mol. The van der Waals surface area contributed by atoms with Crippen LogP contribution in [0.15, 0.2) is 67.1 Å². The van der Waals surface area contributed by atoms with E-state index in [9.17, 15) is 0 Å². The molecule has 0 aliphatic heterocycles. The minimum Gasteiger partial charge on any atom is -0.237 e. The molecule has 5 aromatic rings. The van der Waals surface area contributed by atoms with Crippen molar-refractivity contribution in [1.82, 2.24) is 39.3 Å². The highest BCUT2D eigenvalue weighted by Gasteiger charge is 2.20. The summed E-state index contributed by atoms with van der Waals surface area (Å²) in [5.41, 5.74) is 1.99. The average Bonchev–Trinajstić information content (AvgIpc) is 3.33. The molecule has 0 N–H and O–H groups in total. The van der Waals surface area contributed by atoms with E-state index in [2.05, 4.69) is 25.1 Å². The fraction of sp³-hybridized carbons (Fsp3) is 0.0526. The summed E-state index contributed by atoms with van der Waals surface area (Å²) in [6, 6.07) is 15.5. The van der Waals surface area contributed by atoms with E-state index in [1.165, 1.54) is 0 Å². The van der Waals surface area contributed by atoms with Gasteiger partial charge in [-0.05, 0) is 30.7 Å². The summed E-state index contributed by atoms with van der Waals surface area (Å²) < 4.78 is 3.28. The lowest BCUT2D eigenvalue weighted by Gasteiger charge is -2.03. The number of nitrogens with zero attached hydrogens (tertiary/aromatic N) is 8. The van der Waals surface area contributed by atoms with Gasteiger partial charge in [-0.3, -0.25) is 0 Å². The summed E-state index contributed by atoms with van der Waals surface area (Å²) in [5.74, 6) is 2.69. The SMILES string of the molecule is Cc1ccnc(-n2nc(-c3ccccc3)nc2-c2nc3ncccn3n2)c1. The van der Waals surface area contributed by atoms with Crippen LogP contribution >= 0.6 is 0 Å². The summed E-state index contributed by atoms with van der Waals surface area (Å²) in [6.07, 6.45) is 5.22. The van der Waals surface area contributed by atoms with Crippen molar-refractivity contribution in [2.45, 2.75) is 6.92 Å². The van der Waals surface area contributed by atoms with Crippen LogP contribution < -0.4 is 0 Å². The minimum atomic E-state index is 0.437. The Hall–Kier alpha value is -3.94. The largest absolute Gasteiger partial charge is 0.252 e. The van der Waals surface area contributed by atoms with Crippen molar-refractivity contribution in [2.75, 3.05) is 0 Å². The number of pyridine rings is 1. The first-order valence-electron chi connectivity index (χ1n) is 8.41. The molecule has 0 bridgehead atoms. The first kappa shape index (κ1) is 15.3. The van der Waals surface area contributed by atoms with E-state index in [-0.39, 0.29) is 0 Å². The zero-order valence-electron chi connectivity index (χ0n) is 14.4. The molecule has 27 heavy (non-hydrogen) atoms. The van der Waals surface area contributed by atoms with E-state index in [1.54, 1.807) is 33.9 Å².